The Morgan fingerprint density at radius 1 is 0.886 bits per heavy atom. The molecule has 1 unspecified atom stereocenters. The molecule has 2 amide bonds. The van der Waals surface area contributed by atoms with E-state index in [0.29, 0.717) is 11.3 Å². The van der Waals surface area contributed by atoms with Crippen molar-refractivity contribution in [2.24, 2.45) is 0 Å². The number of nitrogens with one attached hydrogen (secondary N) is 2. The Labute approximate surface area is 206 Å². The molecule has 1 heterocycles. The Bertz CT molecular complexity index is 1130. The lowest BCUT2D eigenvalue weighted by Gasteiger charge is -2.35. The van der Waals surface area contributed by atoms with Crippen molar-refractivity contribution in [3.05, 3.63) is 90.0 Å². The first kappa shape index (κ1) is 24.3. The Morgan fingerprint density at radius 3 is 2.23 bits per heavy atom. The van der Waals surface area contributed by atoms with E-state index >= 15 is 0 Å². The third-order valence-corrected chi connectivity index (χ3v) is 6.27. The van der Waals surface area contributed by atoms with Crippen LogP contribution in [0.25, 0.3) is 0 Å². The maximum atomic E-state index is 12.9. The van der Waals surface area contributed by atoms with Gasteiger partial charge in [0.05, 0.1) is 30.9 Å². The van der Waals surface area contributed by atoms with Gasteiger partial charge in [-0.2, -0.15) is 0 Å². The van der Waals surface area contributed by atoms with Gasteiger partial charge >= 0.3 is 0 Å². The van der Waals surface area contributed by atoms with Gasteiger partial charge in [0.2, 0.25) is 5.91 Å². The molecule has 0 spiro atoms. The van der Waals surface area contributed by atoms with E-state index < -0.39 is 0 Å². The number of ether oxygens (including phenoxy) is 1. The Hall–Kier alpha value is -3.84. The number of rotatable bonds is 8. The number of amides is 2. The minimum Gasteiger partial charge on any atom is -0.497 e. The third-order valence-electron chi connectivity index (χ3n) is 6.27. The first-order valence-corrected chi connectivity index (χ1v) is 11.9. The van der Waals surface area contributed by atoms with Gasteiger partial charge in [0, 0.05) is 31.9 Å². The lowest BCUT2D eigenvalue weighted by atomic mass is 10.1. The summed E-state index contributed by atoms with van der Waals surface area (Å²) in [6.45, 7) is 5.49. The largest absolute Gasteiger partial charge is 0.497 e. The normalized spacial score (nSPS) is 14.7. The van der Waals surface area contributed by atoms with Crippen LogP contribution in [0.2, 0.25) is 0 Å². The molecule has 3 aromatic carbocycles. The molecule has 0 saturated carbocycles. The number of hydrogen-bond acceptors (Lipinski definition) is 5. The van der Waals surface area contributed by atoms with Crippen molar-refractivity contribution in [1.29, 1.82) is 0 Å². The number of carbonyl (C=O) groups is 2. The highest BCUT2D eigenvalue weighted by Crippen LogP contribution is 2.21. The van der Waals surface area contributed by atoms with Gasteiger partial charge in [0.15, 0.2) is 0 Å². The molecule has 35 heavy (non-hydrogen) atoms. The quantitative estimate of drug-likeness (QED) is 0.519. The van der Waals surface area contributed by atoms with Crippen LogP contribution in [0.5, 0.6) is 5.75 Å². The van der Waals surface area contributed by atoms with Crippen LogP contribution in [0.15, 0.2) is 78.9 Å². The molecule has 4 rings (SSSR count). The van der Waals surface area contributed by atoms with Gasteiger partial charge in [-0.25, -0.2) is 0 Å². The van der Waals surface area contributed by atoms with E-state index in [1.165, 1.54) is 0 Å². The maximum Gasteiger partial charge on any atom is 0.253 e. The van der Waals surface area contributed by atoms with Crippen LogP contribution >= 0.6 is 0 Å². The Kier molecular flexibility index (Phi) is 8.00. The smallest absolute Gasteiger partial charge is 0.253 e. The molecule has 7 nitrogen and oxygen atoms in total. The average molecular weight is 473 g/mol. The van der Waals surface area contributed by atoms with E-state index in [0.717, 1.165) is 43.2 Å². The molecule has 1 saturated heterocycles. The number of methoxy groups -OCH3 is 1. The van der Waals surface area contributed by atoms with Crippen LogP contribution in [-0.4, -0.2) is 56.5 Å². The molecule has 0 radical (unpaired) electrons. The summed E-state index contributed by atoms with van der Waals surface area (Å²) >= 11 is 0. The summed E-state index contributed by atoms with van der Waals surface area (Å²) in [6.07, 6.45) is 0. The number of piperazine rings is 1. The molecule has 0 aliphatic carbocycles. The Morgan fingerprint density at radius 2 is 1.54 bits per heavy atom. The van der Waals surface area contributed by atoms with Gasteiger partial charge in [-0.3, -0.25) is 14.5 Å². The van der Waals surface area contributed by atoms with E-state index in [-0.39, 0.29) is 24.4 Å². The fraction of sp³-hybridized carbons (Fsp3) is 0.286. The Balaban J connectivity index is 1.30. The SMILES string of the molecule is COc1ccc(N2CCN(CC(=O)Nc3ccccc3C(=O)NC(C)c3ccccc3)CC2)cc1. The lowest BCUT2D eigenvalue weighted by Crippen LogP contribution is -2.48. The number of benzene rings is 3. The zero-order valence-corrected chi connectivity index (χ0v) is 20.2. The second-order valence-electron chi connectivity index (χ2n) is 8.66. The predicted octanol–water partition coefficient (Wildman–Crippen LogP) is 3.95. The topological polar surface area (TPSA) is 73.9 Å². The molecule has 1 atom stereocenters. The van der Waals surface area contributed by atoms with Gasteiger partial charge in [-0.1, -0.05) is 42.5 Å². The molecule has 2 N–H and O–H groups in total. The van der Waals surface area contributed by atoms with Gasteiger partial charge in [-0.05, 0) is 48.9 Å². The molecule has 7 heteroatoms. The number of anilines is 2. The van der Waals surface area contributed by atoms with E-state index in [4.69, 9.17) is 4.74 Å². The summed E-state index contributed by atoms with van der Waals surface area (Å²) < 4.78 is 5.23. The fourth-order valence-corrected chi connectivity index (χ4v) is 4.24. The van der Waals surface area contributed by atoms with Crippen LogP contribution < -0.4 is 20.3 Å². The maximum absolute atomic E-state index is 12.9. The van der Waals surface area contributed by atoms with Gasteiger partial charge in [0.25, 0.3) is 5.91 Å². The highest BCUT2D eigenvalue weighted by Gasteiger charge is 2.21. The molecule has 182 valence electrons. The van der Waals surface area contributed by atoms with Crippen LogP contribution in [0.1, 0.15) is 28.9 Å². The number of para-hydroxylation sites is 1. The standard InChI is InChI=1S/C28H32N4O3/c1-21(22-8-4-3-5-9-22)29-28(34)25-10-6-7-11-26(25)30-27(33)20-31-16-18-32(19-17-31)23-12-14-24(35-2)15-13-23/h3-15,21H,16-20H2,1-2H3,(H,29,34)(H,30,33). The molecular formula is C28H32N4O3. The van der Waals surface area contributed by atoms with Gasteiger partial charge in [-0.15, -0.1) is 0 Å². The van der Waals surface area contributed by atoms with Gasteiger partial charge in [0.1, 0.15) is 5.75 Å². The number of carbonyl (C=O) groups excluding carboxylic acids is 2. The zero-order valence-electron chi connectivity index (χ0n) is 20.2. The van der Waals surface area contributed by atoms with Crippen molar-refractivity contribution in [2.75, 3.05) is 50.1 Å². The van der Waals surface area contributed by atoms with Crippen molar-refractivity contribution in [1.82, 2.24) is 10.2 Å². The van der Waals surface area contributed by atoms with Crippen LogP contribution in [0.4, 0.5) is 11.4 Å². The molecular weight excluding hydrogens is 440 g/mol. The average Bonchev–Trinajstić information content (AvgIpc) is 2.90. The van der Waals surface area contributed by atoms with E-state index in [1.807, 2.05) is 55.5 Å². The predicted molar refractivity (Wildman–Crippen MR) is 139 cm³/mol. The van der Waals surface area contributed by atoms with E-state index in [9.17, 15) is 9.59 Å². The summed E-state index contributed by atoms with van der Waals surface area (Å²) in [6, 6.07) is 24.8. The molecule has 1 fully saturated rings. The highest BCUT2D eigenvalue weighted by atomic mass is 16.5. The highest BCUT2D eigenvalue weighted by molar-refractivity contribution is 6.04. The first-order chi connectivity index (χ1) is 17.0. The number of nitrogens with zero attached hydrogens (tertiary/aromatic N) is 2. The van der Waals surface area contributed by atoms with Crippen molar-refractivity contribution in [2.45, 2.75) is 13.0 Å². The minimum atomic E-state index is -0.217. The van der Waals surface area contributed by atoms with Crippen molar-refractivity contribution >= 4 is 23.2 Å². The van der Waals surface area contributed by atoms with Crippen LogP contribution in [0, 0.1) is 0 Å². The molecule has 0 bridgehead atoms. The monoisotopic (exact) mass is 472 g/mol. The summed E-state index contributed by atoms with van der Waals surface area (Å²) in [7, 11) is 1.66. The molecule has 1 aliphatic heterocycles. The van der Waals surface area contributed by atoms with E-state index in [2.05, 4.69) is 32.6 Å². The lowest BCUT2D eigenvalue weighted by molar-refractivity contribution is -0.117. The van der Waals surface area contributed by atoms with Crippen LogP contribution in [0.3, 0.4) is 0 Å². The second kappa shape index (κ2) is 11.5. The second-order valence-corrected chi connectivity index (χ2v) is 8.66. The third kappa shape index (κ3) is 6.39. The minimum absolute atomic E-state index is 0.126. The molecule has 3 aromatic rings. The first-order valence-electron chi connectivity index (χ1n) is 11.9. The molecule has 1 aliphatic rings. The summed E-state index contributed by atoms with van der Waals surface area (Å²) in [5, 5.41) is 5.96. The zero-order chi connectivity index (χ0) is 24.6. The number of hydrogen-bond donors (Lipinski definition) is 2. The fourth-order valence-electron chi connectivity index (χ4n) is 4.24. The van der Waals surface area contributed by atoms with Gasteiger partial charge < -0.3 is 20.3 Å². The van der Waals surface area contributed by atoms with Crippen molar-refractivity contribution in [3.63, 3.8) is 0 Å². The summed E-state index contributed by atoms with van der Waals surface area (Å²) in [5.41, 5.74) is 3.15. The molecule has 0 aromatic heterocycles. The van der Waals surface area contributed by atoms with E-state index in [1.54, 1.807) is 25.3 Å². The summed E-state index contributed by atoms with van der Waals surface area (Å²) in [4.78, 5) is 30.2. The van der Waals surface area contributed by atoms with Crippen molar-refractivity contribution < 1.29 is 14.3 Å². The summed E-state index contributed by atoms with van der Waals surface area (Å²) in [5.74, 6) is 0.497. The van der Waals surface area contributed by atoms with Crippen molar-refractivity contribution in [3.8, 4) is 5.75 Å². The van der Waals surface area contributed by atoms with Crippen LogP contribution in [-0.2, 0) is 4.79 Å².